The van der Waals surface area contributed by atoms with Crippen LogP contribution < -0.4 is 4.90 Å². The number of nitro benzene ring substituents is 1. The van der Waals surface area contributed by atoms with E-state index in [1.165, 1.54) is 18.2 Å². The highest BCUT2D eigenvalue weighted by atomic mass is 16.6. The maximum absolute atomic E-state index is 14.7. The first-order valence-electron chi connectivity index (χ1n) is 12.9. The van der Waals surface area contributed by atoms with Crippen LogP contribution >= 0.6 is 0 Å². The minimum atomic E-state index is -1.22. The Morgan fingerprint density at radius 3 is 1.55 bits per heavy atom. The van der Waals surface area contributed by atoms with Crippen LogP contribution in [0, 0.1) is 32.8 Å². The predicted octanol–water partition coefficient (Wildman–Crippen LogP) is 5.70. The number of ketones is 1. The number of hydrogen-bond acceptors (Lipinski definition) is 5. The summed E-state index contributed by atoms with van der Waals surface area (Å²) < 4.78 is 0. The van der Waals surface area contributed by atoms with Gasteiger partial charge in [0.25, 0.3) is 5.69 Å². The standard InChI is InChI=1S/C31H26N2O5/c1-3-30-23(19-13-7-5-8-14-19)24(20-15-9-6-10-16-20)31(4-2,29(30)36)26-25(30)27(34)32(28(26)35)21-17-11-12-18-22(21)33(37)38/h5-18,25-26H,3-4H2,1-2H3/t25-,26-,30-,31-/m0/s1. The number of hydrogen-bond donors (Lipinski definition) is 0. The van der Waals surface area contributed by atoms with E-state index in [-0.39, 0.29) is 17.2 Å². The Morgan fingerprint density at radius 2 is 1.13 bits per heavy atom. The lowest BCUT2D eigenvalue weighted by atomic mass is 9.60. The van der Waals surface area contributed by atoms with Gasteiger partial charge < -0.3 is 0 Å². The predicted molar refractivity (Wildman–Crippen MR) is 143 cm³/mol. The number of allylic oxidation sites excluding steroid dienone is 2. The van der Waals surface area contributed by atoms with Gasteiger partial charge in [0.1, 0.15) is 5.69 Å². The van der Waals surface area contributed by atoms with E-state index in [2.05, 4.69) is 0 Å². The number of carbonyl (C=O) groups excluding carboxylic acids is 3. The number of rotatable bonds is 6. The van der Waals surface area contributed by atoms with Crippen molar-refractivity contribution in [1.29, 1.82) is 0 Å². The van der Waals surface area contributed by atoms with Crippen LogP contribution in [0.4, 0.5) is 11.4 Å². The zero-order chi connectivity index (χ0) is 26.8. The Balaban J connectivity index is 1.67. The Morgan fingerprint density at radius 1 is 0.711 bits per heavy atom. The summed E-state index contributed by atoms with van der Waals surface area (Å²) in [5.41, 5.74) is 0.476. The molecule has 0 spiro atoms. The molecule has 2 bridgehead atoms. The number of para-hydroxylation sites is 2. The van der Waals surface area contributed by atoms with Crippen molar-refractivity contribution in [2.75, 3.05) is 4.90 Å². The van der Waals surface area contributed by atoms with Gasteiger partial charge in [-0.1, -0.05) is 86.6 Å². The summed E-state index contributed by atoms with van der Waals surface area (Å²) in [6.07, 6.45) is 0.665. The van der Waals surface area contributed by atoms with E-state index in [0.29, 0.717) is 12.8 Å². The third-order valence-corrected chi connectivity index (χ3v) is 8.88. The van der Waals surface area contributed by atoms with Gasteiger partial charge in [-0.15, -0.1) is 0 Å². The van der Waals surface area contributed by atoms with Gasteiger partial charge in [-0.2, -0.15) is 0 Å². The largest absolute Gasteiger partial charge is 0.298 e. The number of fused-ring (bicyclic) bond motifs is 5. The van der Waals surface area contributed by atoms with Gasteiger partial charge in [0.2, 0.25) is 11.8 Å². The minimum absolute atomic E-state index is 0.0474. The summed E-state index contributed by atoms with van der Waals surface area (Å²) >= 11 is 0. The van der Waals surface area contributed by atoms with Crippen LogP contribution in [0.2, 0.25) is 0 Å². The van der Waals surface area contributed by atoms with Gasteiger partial charge >= 0.3 is 0 Å². The SMILES string of the molecule is CC[C@]12C(=O)[C@@](CC)(C(c3ccccc3)=C1c1ccccc1)[C@@H]1C(=O)N(c3ccccc3[N+](=O)[O-])C(=O)[C@H]12. The first-order chi connectivity index (χ1) is 18.4. The van der Waals surface area contributed by atoms with Crippen molar-refractivity contribution in [3.8, 4) is 0 Å². The first-order valence-corrected chi connectivity index (χ1v) is 12.9. The number of nitro groups is 1. The minimum Gasteiger partial charge on any atom is -0.298 e. The molecule has 3 aromatic rings. The Kier molecular flexibility index (Phi) is 5.24. The summed E-state index contributed by atoms with van der Waals surface area (Å²) in [6.45, 7) is 3.78. The first kappa shape index (κ1) is 24.0. The van der Waals surface area contributed by atoms with Gasteiger partial charge in [-0.3, -0.25) is 24.5 Å². The van der Waals surface area contributed by atoms with Crippen molar-refractivity contribution in [3.63, 3.8) is 0 Å². The Bertz CT molecular complexity index is 1460. The molecule has 0 aromatic heterocycles. The maximum Gasteiger partial charge on any atom is 0.293 e. The molecule has 0 radical (unpaired) electrons. The van der Waals surface area contributed by atoms with Crippen LogP contribution in [0.1, 0.15) is 37.8 Å². The number of nitrogens with zero attached hydrogens (tertiary/aromatic N) is 2. The quantitative estimate of drug-likeness (QED) is 0.243. The van der Waals surface area contributed by atoms with Gasteiger partial charge in [0.15, 0.2) is 5.78 Å². The molecule has 6 rings (SSSR count). The molecular formula is C31H26N2O5. The van der Waals surface area contributed by atoms with Crippen molar-refractivity contribution in [1.82, 2.24) is 0 Å². The molecule has 1 saturated heterocycles. The monoisotopic (exact) mass is 506 g/mol. The smallest absolute Gasteiger partial charge is 0.293 e. The molecule has 1 aliphatic heterocycles. The average Bonchev–Trinajstić information content (AvgIpc) is 3.45. The fraction of sp³-hybridized carbons (Fsp3) is 0.258. The van der Waals surface area contributed by atoms with E-state index < -0.39 is 39.4 Å². The van der Waals surface area contributed by atoms with Crippen LogP contribution in [-0.4, -0.2) is 22.5 Å². The summed E-state index contributed by atoms with van der Waals surface area (Å²) in [5, 5.41) is 11.8. The number of anilines is 1. The second kappa shape index (κ2) is 8.31. The van der Waals surface area contributed by atoms with E-state index in [4.69, 9.17) is 0 Å². The van der Waals surface area contributed by atoms with Crippen molar-refractivity contribution >= 4 is 40.1 Å². The Labute approximate surface area is 219 Å². The molecule has 190 valence electrons. The zero-order valence-corrected chi connectivity index (χ0v) is 21.1. The fourth-order valence-corrected chi connectivity index (χ4v) is 7.50. The average molecular weight is 507 g/mol. The lowest BCUT2D eigenvalue weighted by Crippen LogP contribution is -2.42. The van der Waals surface area contributed by atoms with Gasteiger partial charge in [-0.05, 0) is 41.2 Å². The van der Waals surface area contributed by atoms with Gasteiger partial charge in [0.05, 0.1) is 27.6 Å². The normalized spacial score (nSPS) is 27.8. The summed E-state index contributed by atoms with van der Waals surface area (Å²) in [4.78, 5) is 55.4. The number of benzene rings is 3. The Hall–Kier alpha value is -4.39. The van der Waals surface area contributed by atoms with E-state index >= 15 is 0 Å². The lowest BCUT2D eigenvalue weighted by Gasteiger charge is -2.38. The zero-order valence-electron chi connectivity index (χ0n) is 21.1. The van der Waals surface area contributed by atoms with Crippen molar-refractivity contribution in [3.05, 3.63) is 106 Å². The molecule has 4 atom stereocenters. The third-order valence-electron chi connectivity index (χ3n) is 8.88. The highest BCUT2D eigenvalue weighted by molar-refractivity contribution is 6.35. The molecule has 1 heterocycles. The van der Waals surface area contributed by atoms with Crippen LogP contribution in [-0.2, 0) is 14.4 Å². The highest BCUT2D eigenvalue weighted by Gasteiger charge is 2.80. The molecule has 38 heavy (non-hydrogen) atoms. The van der Waals surface area contributed by atoms with Gasteiger partial charge in [0, 0.05) is 6.07 Å². The maximum atomic E-state index is 14.7. The van der Waals surface area contributed by atoms with Crippen molar-refractivity contribution in [2.24, 2.45) is 22.7 Å². The van der Waals surface area contributed by atoms with E-state index in [9.17, 15) is 24.5 Å². The molecule has 7 heteroatoms. The van der Waals surface area contributed by atoms with E-state index in [1.807, 2.05) is 74.5 Å². The fourth-order valence-electron chi connectivity index (χ4n) is 7.50. The second-order valence-electron chi connectivity index (χ2n) is 10.2. The number of carbonyl (C=O) groups is 3. The van der Waals surface area contributed by atoms with Gasteiger partial charge in [-0.25, -0.2) is 4.90 Å². The molecule has 2 fully saturated rings. The van der Waals surface area contributed by atoms with Crippen LogP contribution in [0.3, 0.4) is 0 Å². The molecule has 0 N–H and O–H groups in total. The molecule has 2 amide bonds. The van der Waals surface area contributed by atoms with Crippen molar-refractivity contribution < 1.29 is 19.3 Å². The third kappa shape index (κ3) is 2.71. The highest BCUT2D eigenvalue weighted by Crippen LogP contribution is 2.75. The lowest BCUT2D eigenvalue weighted by molar-refractivity contribution is -0.384. The van der Waals surface area contributed by atoms with E-state index in [0.717, 1.165) is 27.2 Å². The molecule has 3 aliphatic rings. The molecule has 7 nitrogen and oxygen atoms in total. The molecule has 1 saturated carbocycles. The summed E-state index contributed by atoms with van der Waals surface area (Å²) in [6, 6.07) is 25.0. The molecular weight excluding hydrogens is 480 g/mol. The number of Topliss-reactive ketones (excluding diaryl/α,β-unsaturated/α-hetero) is 1. The van der Waals surface area contributed by atoms with E-state index in [1.54, 1.807) is 6.07 Å². The number of imide groups is 1. The van der Waals surface area contributed by atoms with Crippen LogP contribution in [0.5, 0.6) is 0 Å². The van der Waals surface area contributed by atoms with Crippen LogP contribution in [0.25, 0.3) is 11.1 Å². The summed E-state index contributed by atoms with van der Waals surface area (Å²) in [7, 11) is 0. The molecule has 0 unspecified atom stereocenters. The topological polar surface area (TPSA) is 97.6 Å². The molecule has 2 aliphatic carbocycles. The summed E-state index contributed by atoms with van der Waals surface area (Å²) in [5.74, 6) is -3.04. The molecule has 3 aromatic carbocycles. The van der Waals surface area contributed by atoms with Crippen LogP contribution in [0.15, 0.2) is 84.9 Å². The van der Waals surface area contributed by atoms with Crippen molar-refractivity contribution in [2.45, 2.75) is 26.7 Å². The second-order valence-corrected chi connectivity index (χ2v) is 10.2. The number of amides is 2.